The summed E-state index contributed by atoms with van der Waals surface area (Å²) in [7, 11) is 0. The number of carbonyl (C=O) groups excluding carboxylic acids is 2. The molecule has 0 aliphatic heterocycles. The zero-order valence-electron chi connectivity index (χ0n) is 10.00. The van der Waals surface area contributed by atoms with Gasteiger partial charge in [-0.3, -0.25) is 9.59 Å². The van der Waals surface area contributed by atoms with Crippen LogP contribution in [0, 0.1) is 0 Å². The van der Waals surface area contributed by atoms with E-state index in [9.17, 15) is 9.59 Å². The van der Waals surface area contributed by atoms with Gasteiger partial charge >= 0.3 is 5.97 Å². The van der Waals surface area contributed by atoms with Crippen LogP contribution in [0.3, 0.4) is 0 Å². The fourth-order valence-electron chi connectivity index (χ4n) is 1.30. The monoisotopic (exact) mass is 249 g/mol. The maximum Gasteiger partial charge on any atom is 0.325 e. The molecule has 0 aromatic heterocycles. The van der Waals surface area contributed by atoms with Crippen LogP contribution in [0.5, 0.6) is 0 Å². The van der Waals surface area contributed by atoms with E-state index in [0.29, 0.717) is 31.9 Å². The van der Waals surface area contributed by atoms with Gasteiger partial charge in [-0.1, -0.05) is 6.92 Å². The first kappa shape index (κ1) is 15.2. The number of esters is 1. The van der Waals surface area contributed by atoms with Crippen LogP contribution in [0.2, 0.25) is 0 Å². The Labute approximate surface area is 102 Å². The first-order valence-electron chi connectivity index (χ1n) is 5.65. The van der Waals surface area contributed by atoms with Gasteiger partial charge in [-0.2, -0.15) is 0 Å². The standard InChI is InChI=1S/C11H20ClNO3/c1-3-8-13(9-11(15)16-4-2)10(14)6-5-7-12/h3-9H2,1-2H3. The van der Waals surface area contributed by atoms with Crippen molar-refractivity contribution in [2.75, 3.05) is 25.6 Å². The molecule has 0 unspecified atom stereocenters. The number of nitrogens with zero attached hydrogens (tertiary/aromatic N) is 1. The fraction of sp³-hybridized carbons (Fsp3) is 0.818. The van der Waals surface area contributed by atoms with E-state index < -0.39 is 0 Å². The summed E-state index contributed by atoms with van der Waals surface area (Å²) < 4.78 is 4.81. The molecule has 0 rings (SSSR count). The van der Waals surface area contributed by atoms with E-state index in [1.54, 1.807) is 6.92 Å². The highest BCUT2D eigenvalue weighted by Gasteiger charge is 2.16. The van der Waals surface area contributed by atoms with E-state index in [4.69, 9.17) is 16.3 Å². The number of carbonyl (C=O) groups is 2. The molecular weight excluding hydrogens is 230 g/mol. The quantitative estimate of drug-likeness (QED) is 0.487. The topological polar surface area (TPSA) is 46.6 Å². The third-order valence-electron chi connectivity index (χ3n) is 2.00. The maximum absolute atomic E-state index is 11.7. The zero-order valence-corrected chi connectivity index (χ0v) is 10.8. The lowest BCUT2D eigenvalue weighted by molar-refractivity contribution is -0.149. The average Bonchev–Trinajstić information content (AvgIpc) is 2.25. The van der Waals surface area contributed by atoms with Gasteiger partial charge in [0, 0.05) is 18.8 Å². The normalized spacial score (nSPS) is 9.94. The summed E-state index contributed by atoms with van der Waals surface area (Å²) in [5.41, 5.74) is 0. The molecule has 0 aliphatic carbocycles. The Hall–Kier alpha value is -0.770. The number of ether oxygens (including phenoxy) is 1. The molecule has 0 saturated carbocycles. The SMILES string of the molecule is CCCN(CC(=O)OCC)C(=O)CCCCl. The molecule has 94 valence electrons. The van der Waals surface area contributed by atoms with Crippen LogP contribution in [0.1, 0.15) is 33.1 Å². The molecule has 1 amide bonds. The number of hydrogen-bond donors (Lipinski definition) is 0. The van der Waals surface area contributed by atoms with Crippen LogP contribution in [0.4, 0.5) is 0 Å². The number of halogens is 1. The van der Waals surface area contributed by atoms with Gasteiger partial charge in [0.1, 0.15) is 6.54 Å². The number of hydrogen-bond acceptors (Lipinski definition) is 3. The number of amides is 1. The lowest BCUT2D eigenvalue weighted by Crippen LogP contribution is -2.37. The second kappa shape index (κ2) is 9.46. The van der Waals surface area contributed by atoms with E-state index >= 15 is 0 Å². The van der Waals surface area contributed by atoms with Crippen molar-refractivity contribution in [1.29, 1.82) is 0 Å². The average molecular weight is 250 g/mol. The lowest BCUT2D eigenvalue weighted by Gasteiger charge is -2.20. The molecule has 16 heavy (non-hydrogen) atoms. The second-order valence-corrected chi connectivity index (χ2v) is 3.79. The molecule has 0 radical (unpaired) electrons. The highest BCUT2D eigenvalue weighted by Crippen LogP contribution is 2.01. The molecule has 5 heteroatoms. The summed E-state index contributed by atoms with van der Waals surface area (Å²) in [5, 5.41) is 0. The Kier molecular flexibility index (Phi) is 9.00. The summed E-state index contributed by atoms with van der Waals surface area (Å²) in [6.45, 7) is 4.68. The Morgan fingerprint density at radius 3 is 2.50 bits per heavy atom. The molecule has 0 bridgehead atoms. The van der Waals surface area contributed by atoms with Gasteiger partial charge in [0.05, 0.1) is 6.61 Å². The molecule has 4 nitrogen and oxygen atoms in total. The first-order valence-corrected chi connectivity index (χ1v) is 6.18. The number of alkyl halides is 1. The highest BCUT2D eigenvalue weighted by atomic mass is 35.5. The molecule has 0 aliphatic rings. The van der Waals surface area contributed by atoms with Crippen LogP contribution in [0.15, 0.2) is 0 Å². The van der Waals surface area contributed by atoms with Crippen molar-refractivity contribution in [3.05, 3.63) is 0 Å². The molecular formula is C11H20ClNO3. The Balaban J connectivity index is 4.13. The van der Waals surface area contributed by atoms with Gasteiger partial charge < -0.3 is 9.64 Å². The second-order valence-electron chi connectivity index (χ2n) is 3.41. The minimum Gasteiger partial charge on any atom is -0.465 e. The van der Waals surface area contributed by atoms with Crippen molar-refractivity contribution in [3.63, 3.8) is 0 Å². The van der Waals surface area contributed by atoms with Crippen molar-refractivity contribution >= 4 is 23.5 Å². The largest absolute Gasteiger partial charge is 0.465 e. The van der Waals surface area contributed by atoms with E-state index in [2.05, 4.69) is 0 Å². The summed E-state index contributed by atoms with van der Waals surface area (Å²) in [4.78, 5) is 24.5. The van der Waals surface area contributed by atoms with Crippen LogP contribution in [0.25, 0.3) is 0 Å². The van der Waals surface area contributed by atoms with E-state index in [1.807, 2.05) is 6.92 Å². The Bertz CT molecular complexity index is 221. The molecule has 0 aromatic rings. The minimum absolute atomic E-state index is 0.0319. The summed E-state index contributed by atoms with van der Waals surface area (Å²) >= 11 is 5.52. The molecule has 0 spiro atoms. The fourth-order valence-corrected chi connectivity index (χ4v) is 1.43. The van der Waals surface area contributed by atoms with Gasteiger partial charge in [0.25, 0.3) is 0 Å². The van der Waals surface area contributed by atoms with Gasteiger partial charge in [-0.15, -0.1) is 11.6 Å². The van der Waals surface area contributed by atoms with Gasteiger partial charge in [-0.05, 0) is 19.8 Å². The molecule has 0 saturated heterocycles. The van der Waals surface area contributed by atoms with Crippen molar-refractivity contribution < 1.29 is 14.3 Å². The Morgan fingerprint density at radius 1 is 1.31 bits per heavy atom. The summed E-state index contributed by atoms with van der Waals surface area (Å²) in [6.07, 6.45) is 1.86. The van der Waals surface area contributed by atoms with Crippen LogP contribution in [-0.2, 0) is 14.3 Å². The van der Waals surface area contributed by atoms with Crippen LogP contribution < -0.4 is 0 Å². The maximum atomic E-state index is 11.7. The third-order valence-corrected chi connectivity index (χ3v) is 2.26. The molecule has 0 heterocycles. The predicted molar refractivity (Wildman–Crippen MR) is 63.5 cm³/mol. The predicted octanol–water partition coefficient (Wildman–Crippen LogP) is 1.81. The summed E-state index contributed by atoms with van der Waals surface area (Å²) in [6, 6.07) is 0. The molecule has 0 fully saturated rings. The van der Waals surface area contributed by atoms with Crippen LogP contribution >= 0.6 is 11.6 Å². The minimum atomic E-state index is -0.352. The Morgan fingerprint density at radius 2 is 2.00 bits per heavy atom. The molecule has 0 atom stereocenters. The third kappa shape index (κ3) is 6.67. The highest BCUT2D eigenvalue weighted by molar-refractivity contribution is 6.17. The van der Waals surface area contributed by atoms with Gasteiger partial charge in [0.2, 0.25) is 5.91 Å². The van der Waals surface area contributed by atoms with Gasteiger partial charge in [-0.25, -0.2) is 0 Å². The van der Waals surface area contributed by atoms with E-state index in [0.717, 1.165) is 6.42 Å². The lowest BCUT2D eigenvalue weighted by atomic mass is 10.3. The first-order chi connectivity index (χ1) is 7.65. The number of rotatable bonds is 8. The smallest absolute Gasteiger partial charge is 0.325 e. The summed E-state index contributed by atoms with van der Waals surface area (Å²) in [5.74, 6) is 0.0798. The van der Waals surface area contributed by atoms with E-state index in [-0.39, 0.29) is 18.4 Å². The molecule has 0 N–H and O–H groups in total. The van der Waals surface area contributed by atoms with Gasteiger partial charge in [0.15, 0.2) is 0 Å². The molecule has 0 aromatic carbocycles. The van der Waals surface area contributed by atoms with Crippen LogP contribution in [-0.4, -0.2) is 42.4 Å². The van der Waals surface area contributed by atoms with E-state index in [1.165, 1.54) is 4.90 Å². The van der Waals surface area contributed by atoms with Crippen molar-refractivity contribution in [3.8, 4) is 0 Å². The van der Waals surface area contributed by atoms with Crippen molar-refractivity contribution in [1.82, 2.24) is 4.90 Å². The van der Waals surface area contributed by atoms with Crippen molar-refractivity contribution in [2.24, 2.45) is 0 Å². The zero-order chi connectivity index (χ0) is 12.4. The van der Waals surface area contributed by atoms with Crippen molar-refractivity contribution in [2.45, 2.75) is 33.1 Å².